The maximum absolute atomic E-state index is 12.6. The molecule has 36 heavy (non-hydrogen) atoms. The predicted octanol–water partition coefficient (Wildman–Crippen LogP) is 5.64. The molecular formula is C26H37N5O5. The minimum Gasteiger partial charge on any atom is -0.444 e. The number of aliphatic imine (C=N–C) groups is 1. The molecule has 1 saturated heterocycles. The van der Waals surface area contributed by atoms with Gasteiger partial charge in [0.1, 0.15) is 17.2 Å². The predicted molar refractivity (Wildman–Crippen MR) is 135 cm³/mol. The first-order valence-corrected chi connectivity index (χ1v) is 12.4. The molecule has 3 rings (SSSR count). The number of ether oxygens (including phenoxy) is 2. The number of rotatable bonds is 4. The van der Waals surface area contributed by atoms with Gasteiger partial charge in [-0.05, 0) is 66.4 Å². The Hall–Kier alpha value is -3.43. The van der Waals surface area contributed by atoms with Crippen molar-refractivity contribution in [2.45, 2.75) is 91.4 Å². The molecule has 2 amide bonds. The third-order valence-corrected chi connectivity index (χ3v) is 5.21. The van der Waals surface area contributed by atoms with Gasteiger partial charge in [-0.2, -0.15) is 4.98 Å². The number of likely N-dealkylation sites (tertiary alicyclic amines) is 1. The van der Waals surface area contributed by atoms with Crippen molar-refractivity contribution in [2.75, 3.05) is 6.54 Å². The molecule has 1 aromatic heterocycles. The van der Waals surface area contributed by atoms with Gasteiger partial charge in [-0.3, -0.25) is 5.32 Å². The lowest BCUT2D eigenvalue weighted by atomic mass is 10.1. The molecule has 0 unspecified atom stereocenters. The zero-order chi connectivity index (χ0) is 26.5. The Balaban J connectivity index is 1.85. The Morgan fingerprint density at radius 2 is 1.78 bits per heavy atom. The molecule has 0 spiro atoms. The Morgan fingerprint density at radius 3 is 2.39 bits per heavy atom. The standard InChI is InChI=1S/C26H37N5O5/c1-8-10-17-12-14-18(15-13-17)20-27-21(36-30-20)19-11-9-16-31(19)22(28-23(32)34-25(2,3)4)29-24(33)35-26(5,6)7/h12-15,19H,8-11,16H2,1-7H3,(H,28,29,32,33)/t19-/m0/s1. The number of hydrogen-bond acceptors (Lipinski definition) is 7. The van der Waals surface area contributed by atoms with Gasteiger partial charge in [0, 0.05) is 12.1 Å². The van der Waals surface area contributed by atoms with E-state index in [1.165, 1.54) is 5.56 Å². The molecule has 0 saturated carbocycles. The summed E-state index contributed by atoms with van der Waals surface area (Å²) < 4.78 is 16.3. The van der Waals surface area contributed by atoms with Crippen LogP contribution in [0.15, 0.2) is 33.8 Å². The summed E-state index contributed by atoms with van der Waals surface area (Å²) >= 11 is 0. The topological polar surface area (TPSA) is 119 Å². The molecule has 1 fully saturated rings. The van der Waals surface area contributed by atoms with Crippen molar-refractivity contribution in [2.24, 2.45) is 4.99 Å². The van der Waals surface area contributed by atoms with Crippen LogP contribution in [0.2, 0.25) is 0 Å². The number of nitrogens with one attached hydrogen (secondary N) is 1. The average Bonchev–Trinajstić information content (AvgIpc) is 3.41. The summed E-state index contributed by atoms with van der Waals surface area (Å²) in [5.41, 5.74) is 0.641. The average molecular weight is 500 g/mol. The van der Waals surface area contributed by atoms with E-state index in [2.05, 4.69) is 39.5 Å². The quantitative estimate of drug-likeness (QED) is 0.424. The maximum atomic E-state index is 12.6. The first-order chi connectivity index (χ1) is 16.8. The van der Waals surface area contributed by atoms with E-state index in [0.29, 0.717) is 24.7 Å². The van der Waals surface area contributed by atoms with Gasteiger partial charge in [-0.1, -0.05) is 42.8 Å². The molecule has 1 N–H and O–H groups in total. The van der Waals surface area contributed by atoms with Crippen LogP contribution in [0, 0.1) is 0 Å². The monoisotopic (exact) mass is 499 g/mol. The number of alkyl carbamates (subject to hydrolysis) is 1. The number of hydrogen-bond donors (Lipinski definition) is 1. The molecule has 196 valence electrons. The number of aryl methyl sites for hydroxylation is 1. The molecule has 0 bridgehead atoms. The van der Waals surface area contributed by atoms with Crippen LogP contribution in [0.1, 0.15) is 85.2 Å². The molecule has 2 heterocycles. The van der Waals surface area contributed by atoms with E-state index in [1.807, 2.05) is 12.1 Å². The number of carbonyl (C=O) groups is 2. The molecule has 1 aliphatic rings. The van der Waals surface area contributed by atoms with Crippen molar-refractivity contribution in [1.82, 2.24) is 20.4 Å². The summed E-state index contributed by atoms with van der Waals surface area (Å²) in [4.78, 5) is 35.5. The van der Waals surface area contributed by atoms with Crippen LogP contribution in [0.4, 0.5) is 9.59 Å². The van der Waals surface area contributed by atoms with E-state index in [9.17, 15) is 9.59 Å². The van der Waals surface area contributed by atoms with Gasteiger partial charge in [0.25, 0.3) is 0 Å². The fourth-order valence-corrected chi connectivity index (χ4v) is 3.80. The van der Waals surface area contributed by atoms with Crippen LogP contribution in [0.25, 0.3) is 11.4 Å². The molecule has 0 aliphatic carbocycles. The first kappa shape index (κ1) is 27.2. The number of aromatic nitrogens is 2. The van der Waals surface area contributed by atoms with Gasteiger partial charge in [0.05, 0.1) is 0 Å². The second-order valence-corrected chi connectivity index (χ2v) is 10.8. The van der Waals surface area contributed by atoms with Crippen molar-refractivity contribution < 1.29 is 23.6 Å². The van der Waals surface area contributed by atoms with Crippen molar-refractivity contribution in [3.05, 3.63) is 35.7 Å². The highest BCUT2D eigenvalue weighted by atomic mass is 16.6. The Labute approximate surface area is 212 Å². The third-order valence-electron chi connectivity index (χ3n) is 5.21. The van der Waals surface area contributed by atoms with Gasteiger partial charge >= 0.3 is 12.2 Å². The van der Waals surface area contributed by atoms with Crippen molar-refractivity contribution in [1.29, 1.82) is 0 Å². The highest BCUT2D eigenvalue weighted by Gasteiger charge is 2.35. The first-order valence-electron chi connectivity index (χ1n) is 12.4. The van der Waals surface area contributed by atoms with E-state index in [4.69, 9.17) is 14.0 Å². The van der Waals surface area contributed by atoms with Crippen LogP contribution in [0.5, 0.6) is 0 Å². The number of carbonyl (C=O) groups excluding carboxylic acids is 2. The van der Waals surface area contributed by atoms with Crippen LogP contribution in [-0.4, -0.2) is 50.9 Å². The minimum atomic E-state index is -0.822. The fourth-order valence-electron chi connectivity index (χ4n) is 3.80. The van der Waals surface area contributed by atoms with Gasteiger partial charge < -0.3 is 18.9 Å². The summed E-state index contributed by atoms with van der Waals surface area (Å²) in [6.45, 7) is 13.2. The summed E-state index contributed by atoms with van der Waals surface area (Å²) in [7, 11) is 0. The third kappa shape index (κ3) is 7.79. The zero-order valence-electron chi connectivity index (χ0n) is 22.3. The van der Waals surface area contributed by atoms with E-state index >= 15 is 0 Å². The number of nitrogens with zero attached hydrogens (tertiary/aromatic N) is 4. The Bertz CT molecular complexity index is 1080. The van der Waals surface area contributed by atoms with Gasteiger partial charge in [0.2, 0.25) is 17.7 Å². The molecule has 0 radical (unpaired) electrons. The molecule has 1 aromatic carbocycles. The molecule has 2 aromatic rings. The summed E-state index contributed by atoms with van der Waals surface area (Å²) in [5, 5.41) is 6.78. The summed E-state index contributed by atoms with van der Waals surface area (Å²) in [6.07, 6.45) is 2.00. The summed E-state index contributed by atoms with van der Waals surface area (Å²) in [5.74, 6) is 0.873. The van der Waals surface area contributed by atoms with E-state index in [1.54, 1.807) is 46.4 Å². The molecule has 1 aliphatic heterocycles. The van der Waals surface area contributed by atoms with Crippen LogP contribution in [0.3, 0.4) is 0 Å². The Morgan fingerprint density at radius 1 is 1.11 bits per heavy atom. The molecule has 10 nitrogen and oxygen atoms in total. The summed E-state index contributed by atoms with van der Waals surface area (Å²) in [6, 6.07) is 7.71. The fraction of sp³-hybridized carbons (Fsp3) is 0.577. The van der Waals surface area contributed by atoms with Gasteiger partial charge in [0.15, 0.2) is 0 Å². The lowest BCUT2D eigenvalue weighted by molar-refractivity contribution is 0.0553. The van der Waals surface area contributed by atoms with Gasteiger partial charge in [-0.25, -0.2) is 9.59 Å². The zero-order valence-corrected chi connectivity index (χ0v) is 22.3. The van der Waals surface area contributed by atoms with Crippen molar-refractivity contribution >= 4 is 18.1 Å². The van der Waals surface area contributed by atoms with E-state index in [0.717, 1.165) is 24.8 Å². The SMILES string of the molecule is CCCc1ccc(-c2noc([C@@H]3CCCN3C(=NC(=O)OC(C)(C)C)NC(=O)OC(C)(C)C)n2)cc1. The number of benzene rings is 1. The number of guanidine groups is 1. The lowest BCUT2D eigenvalue weighted by Crippen LogP contribution is -2.46. The highest BCUT2D eigenvalue weighted by molar-refractivity contribution is 5.99. The van der Waals surface area contributed by atoms with Crippen LogP contribution < -0.4 is 5.32 Å². The van der Waals surface area contributed by atoms with E-state index < -0.39 is 23.4 Å². The second kappa shape index (κ2) is 11.1. The number of amides is 2. The largest absolute Gasteiger partial charge is 0.444 e. The second-order valence-electron chi connectivity index (χ2n) is 10.8. The van der Waals surface area contributed by atoms with Crippen molar-refractivity contribution in [3.63, 3.8) is 0 Å². The maximum Gasteiger partial charge on any atom is 0.437 e. The lowest BCUT2D eigenvalue weighted by Gasteiger charge is -2.27. The molecular weight excluding hydrogens is 462 g/mol. The normalized spacial score (nSPS) is 16.7. The van der Waals surface area contributed by atoms with Crippen LogP contribution in [-0.2, 0) is 15.9 Å². The molecule has 1 atom stereocenters. The van der Waals surface area contributed by atoms with Gasteiger partial charge in [-0.15, -0.1) is 4.99 Å². The van der Waals surface area contributed by atoms with Crippen LogP contribution >= 0.6 is 0 Å². The van der Waals surface area contributed by atoms with E-state index in [-0.39, 0.29) is 12.0 Å². The Kier molecular flexibility index (Phi) is 8.37. The molecule has 10 heteroatoms. The minimum absolute atomic E-state index is 0.0182. The highest BCUT2D eigenvalue weighted by Crippen LogP contribution is 2.32. The van der Waals surface area contributed by atoms with Crippen molar-refractivity contribution in [3.8, 4) is 11.4 Å². The smallest absolute Gasteiger partial charge is 0.437 e.